The Morgan fingerprint density at radius 1 is 0.367 bits per heavy atom. The van der Waals surface area contributed by atoms with Crippen LogP contribution in [0.5, 0.6) is 0 Å². The van der Waals surface area contributed by atoms with Crippen LogP contribution in [-0.4, -0.2) is 0 Å². The van der Waals surface area contributed by atoms with Crippen LogP contribution in [0, 0.1) is 0 Å². The summed E-state index contributed by atoms with van der Waals surface area (Å²) in [5, 5.41) is 10.9. The van der Waals surface area contributed by atoms with Crippen LogP contribution in [-0.2, 0) is 0 Å². The van der Waals surface area contributed by atoms with Crippen molar-refractivity contribution in [2.45, 2.75) is 0 Å². The van der Waals surface area contributed by atoms with Crippen molar-refractivity contribution in [3.63, 3.8) is 0 Å². The highest BCUT2D eigenvalue weighted by molar-refractivity contribution is 7.26. The van der Waals surface area contributed by atoms with E-state index in [1.807, 2.05) is 35.6 Å². The molecule has 11 rings (SSSR count). The molecule has 2 nitrogen and oxygen atoms in total. The minimum atomic E-state index is 0.826. The Hall–Kier alpha value is -6.16. The molecule has 0 radical (unpaired) electrons. The molecule has 0 fully saturated rings. The first-order valence-electron chi connectivity index (χ1n) is 16.6. The standard InChI is InChI=1S/C46H26O2S/c1-2-11-27(12-3-1)40-25-29-24-38-37-23-28(21-22-39(37)47-42(38)26-41(29)48-40)44-31-14-4-6-16-33(31)45(34-17-7-5-15-32(34)44)36-19-10-18-35-30-13-8-9-20-43(30)49-46(35)36/h1-26H. The Morgan fingerprint density at radius 2 is 1.02 bits per heavy atom. The average Bonchev–Trinajstić information content (AvgIpc) is 3.86. The highest BCUT2D eigenvalue weighted by atomic mass is 32.1. The van der Waals surface area contributed by atoms with E-state index in [4.69, 9.17) is 8.83 Å². The monoisotopic (exact) mass is 642 g/mol. The maximum atomic E-state index is 6.43. The van der Waals surface area contributed by atoms with Gasteiger partial charge in [0.05, 0.1) is 0 Å². The largest absolute Gasteiger partial charge is 0.456 e. The van der Waals surface area contributed by atoms with Gasteiger partial charge in [-0.1, -0.05) is 121 Å². The molecule has 0 saturated carbocycles. The first-order valence-corrected chi connectivity index (χ1v) is 17.4. The smallest absolute Gasteiger partial charge is 0.139 e. The van der Waals surface area contributed by atoms with E-state index >= 15 is 0 Å². The Kier molecular flexibility index (Phi) is 5.57. The van der Waals surface area contributed by atoms with Gasteiger partial charge in [0, 0.05) is 53.5 Å². The summed E-state index contributed by atoms with van der Waals surface area (Å²) in [5.41, 5.74) is 8.58. The zero-order valence-corrected chi connectivity index (χ0v) is 27.1. The molecule has 0 amide bonds. The first-order chi connectivity index (χ1) is 24.3. The molecule has 3 aromatic heterocycles. The maximum absolute atomic E-state index is 6.43. The summed E-state index contributed by atoms with van der Waals surface area (Å²) >= 11 is 1.89. The molecule has 11 aromatic rings. The number of thiophene rings is 1. The normalized spacial score (nSPS) is 12.1. The predicted octanol–water partition coefficient (Wildman–Crippen LogP) is 14.0. The summed E-state index contributed by atoms with van der Waals surface area (Å²) in [6.07, 6.45) is 0. The minimum Gasteiger partial charge on any atom is -0.456 e. The maximum Gasteiger partial charge on any atom is 0.139 e. The molecule has 228 valence electrons. The van der Waals surface area contributed by atoms with Gasteiger partial charge in [-0.3, -0.25) is 0 Å². The van der Waals surface area contributed by atoms with Gasteiger partial charge in [-0.2, -0.15) is 0 Å². The van der Waals surface area contributed by atoms with Crippen LogP contribution in [0.1, 0.15) is 0 Å². The molecule has 49 heavy (non-hydrogen) atoms. The third kappa shape index (κ3) is 3.94. The lowest BCUT2D eigenvalue weighted by Crippen LogP contribution is -1.91. The highest BCUT2D eigenvalue weighted by Gasteiger charge is 2.20. The van der Waals surface area contributed by atoms with Crippen LogP contribution < -0.4 is 0 Å². The van der Waals surface area contributed by atoms with Gasteiger partial charge in [0.2, 0.25) is 0 Å². The van der Waals surface area contributed by atoms with Gasteiger partial charge in [-0.05, 0) is 68.6 Å². The van der Waals surface area contributed by atoms with Crippen LogP contribution in [0.3, 0.4) is 0 Å². The predicted molar refractivity (Wildman–Crippen MR) is 208 cm³/mol. The Bertz CT molecular complexity index is 3050. The number of furan rings is 2. The van der Waals surface area contributed by atoms with E-state index in [-0.39, 0.29) is 0 Å². The lowest BCUT2D eigenvalue weighted by molar-refractivity contribution is 0.628. The van der Waals surface area contributed by atoms with Crippen molar-refractivity contribution in [1.29, 1.82) is 0 Å². The fraction of sp³-hybridized carbons (Fsp3) is 0. The summed E-state index contributed by atoms with van der Waals surface area (Å²) < 4.78 is 15.4. The van der Waals surface area contributed by atoms with Crippen molar-refractivity contribution in [3.8, 4) is 33.6 Å². The molecule has 0 aliphatic rings. The van der Waals surface area contributed by atoms with E-state index in [9.17, 15) is 0 Å². The fourth-order valence-corrected chi connectivity index (χ4v) is 9.11. The Morgan fingerprint density at radius 3 is 1.80 bits per heavy atom. The quantitative estimate of drug-likeness (QED) is 0.179. The summed E-state index contributed by atoms with van der Waals surface area (Å²) in [6, 6.07) is 56.6. The molecule has 0 N–H and O–H groups in total. The SMILES string of the molecule is c1ccc(-c2cc3cc4c(cc3o2)oc2ccc(-c3c5ccccc5c(-c5cccc6c5sc5ccccc56)c5ccccc35)cc24)cc1. The molecule has 0 spiro atoms. The summed E-state index contributed by atoms with van der Waals surface area (Å²) in [5.74, 6) is 0.859. The van der Waals surface area contributed by atoms with Crippen molar-refractivity contribution in [1.82, 2.24) is 0 Å². The summed E-state index contributed by atoms with van der Waals surface area (Å²) in [7, 11) is 0. The summed E-state index contributed by atoms with van der Waals surface area (Å²) in [6.45, 7) is 0. The zero-order valence-electron chi connectivity index (χ0n) is 26.2. The molecular weight excluding hydrogens is 617 g/mol. The van der Waals surface area contributed by atoms with Gasteiger partial charge in [0.15, 0.2) is 0 Å². The molecule has 3 heteroatoms. The summed E-state index contributed by atoms with van der Waals surface area (Å²) in [4.78, 5) is 0. The second kappa shape index (κ2) is 10.2. The number of rotatable bonds is 3. The van der Waals surface area contributed by atoms with Crippen LogP contribution in [0.15, 0.2) is 167 Å². The van der Waals surface area contributed by atoms with Gasteiger partial charge >= 0.3 is 0 Å². The first kappa shape index (κ1) is 26.9. The molecule has 3 heterocycles. The lowest BCUT2D eigenvalue weighted by atomic mass is 9.85. The van der Waals surface area contributed by atoms with E-state index in [1.54, 1.807) is 0 Å². The van der Waals surface area contributed by atoms with E-state index in [0.717, 1.165) is 44.2 Å². The average molecular weight is 643 g/mol. The number of hydrogen-bond donors (Lipinski definition) is 0. The fourth-order valence-electron chi connectivity index (χ4n) is 7.88. The molecule has 0 bridgehead atoms. The lowest BCUT2D eigenvalue weighted by Gasteiger charge is -2.18. The van der Waals surface area contributed by atoms with Gasteiger partial charge in [-0.25, -0.2) is 0 Å². The molecule has 0 saturated heterocycles. The number of hydrogen-bond acceptors (Lipinski definition) is 3. The molecule has 8 aromatic carbocycles. The van der Waals surface area contributed by atoms with Crippen molar-refractivity contribution >= 4 is 86.0 Å². The number of benzene rings is 8. The second-order valence-corrected chi connectivity index (χ2v) is 13.8. The van der Waals surface area contributed by atoms with Crippen molar-refractivity contribution in [3.05, 3.63) is 158 Å². The molecule has 0 aliphatic carbocycles. The third-order valence-electron chi connectivity index (χ3n) is 10.1. The third-order valence-corrected chi connectivity index (χ3v) is 11.3. The Labute approximate surface area is 285 Å². The topological polar surface area (TPSA) is 26.3 Å². The zero-order chi connectivity index (χ0) is 32.1. The highest BCUT2D eigenvalue weighted by Crippen LogP contribution is 2.48. The molecule has 0 aliphatic heterocycles. The van der Waals surface area contributed by atoms with Gasteiger partial charge in [0.25, 0.3) is 0 Å². The molecule has 0 unspecified atom stereocenters. The second-order valence-electron chi connectivity index (χ2n) is 12.8. The molecule has 0 atom stereocenters. The van der Waals surface area contributed by atoms with Gasteiger partial charge in [-0.15, -0.1) is 11.3 Å². The number of fused-ring (bicyclic) bond motifs is 9. The van der Waals surface area contributed by atoms with E-state index in [2.05, 4.69) is 133 Å². The minimum absolute atomic E-state index is 0.826. The Balaban J connectivity index is 1.17. The van der Waals surface area contributed by atoms with Crippen LogP contribution in [0.2, 0.25) is 0 Å². The van der Waals surface area contributed by atoms with Gasteiger partial charge in [0.1, 0.15) is 22.5 Å². The van der Waals surface area contributed by atoms with Crippen molar-refractivity contribution in [2.75, 3.05) is 0 Å². The van der Waals surface area contributed by atoms with Gasteiger partial charge < -0.3 is 8.83 Å². The van der Waals surface area contributed by atoms with Crippen molar-refractivity contribution in [2.24, 2.45) is 0 Å². The molecular formula is C46H26O2S. The van der Waals surface area contributed by atoms with E-state index in [1.165, 1.54) is 64.0 Å². The van der Waals surface area contributed by atoms with Crippen LogP contribution in [0.25, 0.3) is 108 Å². The van der Waals surface area contributed by atoms with E-state index in [0.29, 0.717) is 0 Å². The van der Waals surface area contributed by atoms with Crippen molar-refractivity contribution < 1.29 is 8.83 Å². The van der Waals surface area contributed by atoms with Crippen LogP contribution >= 0.6 is 11.3 Å². The van der Waals surface area contributed by atoms with Crippen LogP contribution in [0.4, 0.5) is 0 Å². The van der Waals surface area contributed by atoms with E-state index < -0.39 is 0 Å².